The molecule has 1 saturated carbocycles. The first-order valence-electron chi connectivity index (χ1n) is 6.64. The molecule has 3 heteroatoms. The molecular weight excluding hydrogens is 200 g/mol. The maximum Gasteiger partial charge on any atom is 0.233 e. The van der Waals surface area contributed by atoms with Gasteiger partial charge < -0.3 is 10.6 Å². The van der Waals surface area contributed by atoms with Crippen LogP contribution in [0.4, 0.5) is 0 Å². The van der Waals surface area contributed by atoms with E-state index in [4.69, 9.17) is 0 Å². The van der Waals surface area contributed by atoms with Crippen molar-refractivity contribution in [1.29, 1.82) is 0 Å². The molecule has 94 valence electrons. The molecular formula is C13H26N2O. The molecule has 0 aromatic carbocycles. The zero-order chi connectivity index (χ0) is 11.9. The number of carbonyl (C=O) groups excluding carboxylic acids is 1. The molecule has 0 atom stereocenters. The summed E-state index contributed by atoms with van der Waals surface area (Å²) in [6.45, 7) is 6.64. The van der Waals surface area contributed by atoms with E-state index in [9.17, 15) is 4.79 Å². The van der Waals surface area contributed by atoms with Crippen LogP contribution in [0.25, 0.3) is 0 Å². The van der Waals surface area contributed by atoms with Crippen molar-refractivity contribution >= 4 is 5.91 Å². The van der Waals surface area contributed by atoms with E-state index in [1.165, 1.54) is 32.1 Å². The fraction of sp³-hybridized carbons (Fsp3) is 0.923. The molecule has 1 rings (SSSR count). The Kier molecular flexibility index (Phi) is 5.81. The molecule has 16 heavy (non-hydrogen) atoms. The zero-order valence-electron chi connectivity index (χ0n) is 10.8. The fourth-order valence-corrected chi connectivity index (χ4v) is 2.39. The van der Waals surface area contributed by atoms with Crippen molar-refractivity contribution in [1.82, 2.24) is 10.6 Å². The minimum absolute atomic E-state index is 0.126. The Labute approximate surface area is 99.4 Å². The predicted octanol–water partition coefficient (Wildman–Crippen LogP) is 2.07. The van der Waals surface area contributed by atoms with Gasteiger partial charge >= 0.3 is 0 Å². The van der Waals surface area contributed by atoms with Gasteiger partial charge in [-0.25, -0.2) is 0 Å². The molecule has 2 N–H and O–H groups in total. The van der Waals surface area contributed by atoms with Gasteiger partial charge in [0.05, 0.1) is 6.54 Å². The van der Waals surface area contributed by atoms with Crippen molar-refractivity contribution in [2.24, 2.45) is 5.41 Å². The molecule has 0 radical (unpaired) electrons. The topological polar surface area (TPSA) is 41.1 Å². The molecule has 1 fully saturated rings. The van der Waals surface area contributed by atoms with Crippen molar-refractivity contribution in [2.45, 2.75) is 52.4 Å². The van der Waals surface area contributed by atoms with Crippen molar-refractivity contribution < 1.29 is 4.79 Å². The second-order valence-corrected chi connectivity index (χ2v) is 5.32. The Hall–Kier alpha value is -0.570. The summed E-state index contributed by atoms with van der Waals surface area (Å²) in [5.74, 6) is 0.126. The van der Waals surface area contributed by atoms with E-state index in [0.29, 0.717) is 12.0 Å². The molecule has 1 aliphatic rings. The Bertz CT molecular complexity index is 210. The summed E-state index contributed by atoms with van der Waals surface area (Å²) in [5.41, 5.74) is 0.420. The van der Waals surface area contributed by atoms with Crippen LogP contribution in [0.5, 0.6) is 0 Å². The lowest BCUT2D eigenvalue weighted by Gasteiger charge is -2.33. The third-order valence-electron chi connectivity index (χ3n) is 3.47. The number of hydrogen-bond donors (Lipinski definition) is 2. The van der Waals surface area contributed by atoms with Gasteiger partial charge in [-0.3, -0.25) is 4.79 Å². The first kappa shape index (κ1) is 13.5. The van der Waals surface area contributed by atoms with Crippen LogP contribution in [0.1, 0.15) is 52.4 Å². The first-order valence-corrected chi connectivity index (χ1v) is 6.64. The maximum absolute atomic E-state index is 11.4. The third kappa shape index (κ3) is 4.97. The van der Waals surface area contributed by atoms with Crippen LogP contribution >= 0.6 is 0 Å². The Morgan fingerprint density at radius 1 is 1.25 bits per heavy atom. The first-order chi connectivity index (χ1) is 7.66. The van der Waals surface area contributed by atoms with E-state index >= 15 is 0 Å². The summed E-state index contributed by atoms with van der Waals surface area (Å²) in [4.78, 5) is 11.4. The second-order valence-electron chi connectivity index (χ2n) is 5.32. The molecule has 1 amide bonds. The van der Waals surface area contributed by atoms with Gasteiger partial charge in [0.2, 0.25) is 5.91 Å². The SMILES string of the molecule is CCCNC(=O)CNCC1(C)CCCCC1. The van der Waals surface area contributed by atoms with Crippen LogP contribution in [0.15, 0.2) is 0 Å². The van der Waals surface area contributed by atoms with E-state index in [1.807, 2.05) is 0 Å². The van der Waals surface area contributed by atoms with Gasteiger partial charge in [0, 0.05) is 13.1 Å². The number of rotatable bonds is 6. The zero-order valence-corrected chi connectivity index (χ0v) is 10.8. The van der Waals surface area contributed by atoms with Gasteiger partial charge in [-0.05, 0) is 24.7 Å². The Morgan fingerprint density at radius 2 is 1.94 bits per heavy atom. The summed E-state index contributed by atoms with van der Waals surface area (Å²) >= 11 is 0. The molecule has 0 heterocycles. The normalized spacial score (nSPS) is 19.4. The standard InChI is InChI=1S/C13H26N2O/c1-3-9-15-12(16)10-14-11-13(2)7-5-4-6-8-13/h14H,3-11H2,1-2H3,(H,15,16). The van der Waals surface area contributed by atoms with Gasteiger partial charge in [0.25, 0.3) is 0 Å². The number of amides is 1. The summed E-state index contributed by atoms with van der Waals surface area (Å²) in [7, 11) is 0. The van der Waals surface area contributed by atoms with E-state index in [1.54, 1.807) is 0 Å². The summed E-state index contributed by atoms with van der Waals surface area (Å²) in [6, 6.07) is 0. The lowest BCUT2D eigenvalue weighted by Crippen LogP contribution is -2.40. The van der Waals surface area contributed by atoms with E-state index < -0.39 is 0 Å². The van der Waals surface area contributed by atoms with Gasteiger partial charge in [0.1, 0.15) is 0 Å². The number of carbonyl (C=O) groups is 1. The largest absolute Gasteiger partial charge is 0.355 e. The molecule has 0 unspecified atom stereocenters. The van der Waals surface area contributed by atoms with Crippen LogP contribution in [-0.4, -0.2) is 25.5 Å². The molecule has 0 aromatic rings. The summed E-state index contributed by atoms with van der Waals surface area (Å²) < 4.78 is 0. The highest BCUT2D eigenvalue weighted by Gasteiger charge is 2.26. The van der Waals surface area contributed by atoms with Crippen molar-refractivity contribution in [3.63, 3.8) is 0 Å². The molecule has 0 saturated heterocycles. The Morgan fingerprint density at radius 3 is 2.56 bits per heavy atom. The summed E-state index contributed by atoms with van der Waals surface area (Å²) in [5, 5.41) is 6.17. The van der Waals surface area contributed by atoms with Crippen molar-refractivity contribution in [3.8, 4) is 0 Å². The molecule has 3 nitrogen and oxygen atoms in total. The van der Waals surface area contributed by atoms with Crippen LogP contribution in [-0.2, 0) is 4.79 Å². The van der Waals surface area contributed by atoms with Crippen LogP contribution in [0, 0.1) is 5.41 Å². The van der Waals surface area contributed by atoms with Gasteiger partial charge in [0.15, 0.2) is 0 Å². The van der Waals surface area contributed by atoms with Crippen molar-refractivity contribution in [3.05, 3.63) is 0 Å². The average molecular weight is 226 g/mol. The smallest absolute Gasteiger partial charge is 0.233 e. The van der Waals surface area contributed by atoms with Crippen LogP contribution in [0.3, 0.4) is 0 Å². The monoisotopic (exact) mass is 226 g/mol. The third-order valence-corrected chi connectivity index (χ3v) is 3.47. The van der Waals surface area contributed by atoms with Gasteiger partial charge in [-0.1, -0.05) is 33.1 Å². The quantitative estimate of drug-likeness (QED) is 0.728. The number of hydrogen-bond acceptors (Lipinski definition) is 2. The fourth-order valence-electron chi connectivity index (χ4n) is 2.39. The minimum atomic E-state index is 0.126. The van der Waals surface area contributed by atoms with Gasteiger partial charge in [-0.2, -0.15) is 0 Å². The highest BCUT2D eigenvalue weighted by atomic mass is 16.1. The number of nitrogens with one attached hydrogen (secondary N) is 2. The maximum atomic E-state index is 11.4. The molecule has 0 spiro atoms. The van der Waals surface area contributed by atoms with Gasteiger partial charge in [-0.15, -0.1) is 0 Å². The van der Waals surface area contributed by atoms with E-state index in [2.05, 4.69) is 24.5 Å². The molecule has 0 aliphatic heterocycles. The lowest BCUT2D eigenvalue weighted by atomic mass is 9.76. The van der Waals surface area contributed by atoms with E-state index in [0.717, 1.165) is 19.5 Å². The second kappa shape index (κ2) is 6.89. The van der Waals surface area contributed by atoms with E-state index in [-0.39, 0.29) is 5.91 Å². The highest BCUT2D eigenvalue weighted by molar-refractivity contribution is 5.77. The highest BCUT2D eigenvalue weighted by Crippen LogP contribution is 2.34. The predicted molar refractivity (Wildman–Crippen MR) is 67.4 cm³/mol. The van der Waals surface area contributed by atoms with Crippen molar-refractivity contribution in [2.75, 3.05) is 19.6 Å². The summed E-state index contributed by atoms with van der Waals surface area (Å²) in [6.07, 6.45) is 7.68. The lowest BCUT2D eigenvalue weighted by molar-refractivity contribution is -0.120. The molecule has 0 aromatic heterocycles. The molecule has 0 bridgehead atoms. The average Bonchev–Trinajstić information content (AvgIpc) is 2.27. The Balaban J connectivity index is 2.11. The van der Waals surface area contributed by atoms with Crippen LogP contribution < -0.4 is 10.6 Å². The van der Waals surface area contributed by atoms with Crippen LogP contribution in [0.2, 0.25) is 0 Å². The molecule has 1 aliphatic carbocycles. The minimum Gasteiger partial charge on any atom is -0.355 e.